The maximum absolute atomic E-state index is 4.68. The van der Waals surface area contributed by atoms with Crippen LogP contribution in [-0.4, -0.2) is 57.9 Å². The van der Waals surface area contributed by atoms with E-state index in [0.717, 1.165) is 53.9 Å². The minimum atomic E-state index is 0.695. The molecule has 4 rings (SSSR count). The molecule has 0 spiro atoms. The van der Waals surface area contributed by atoms with Crippen LogP contribution in [-0.2, 0) is 13.6 Å². The van der Waals surface area contributed by atoms with E-state index >= 15 is 0 Å². The van der Waals surface area contributed by atoms with E-state index in [-0.39, 0.29) is 0 Å². The molecule has 4 heterocycles. The summed E-state index contributed by atoms with van der Waals surface area (Å²) >= 11 is 1.66. The molecule has 0 atom stereocenters. The van der Waals surface area contributed by atoms with Crippen LogP contribution in [0.15, 0.2) is 36.1 Å². The van der Waals surface area contributed by atoms with E-state index in [1.54, 1.807) is 16.0 Å². The Kier molecular flexibility index (Phi) is 4.85. The van der Waals surface area contributed by atoms with Crippen molar-refractivity contribution in [2.75, 3.05) is 43.4 Å². The Labute approximate surface area is 157 Å². The Morgan fingerprint density at radius 2 is 1.96 bits per heavy atom. The number of piperazine rings is 1. The Balaban J connectivity index is 1.34. The maximum Gasteiger partial charge on any atom is 0.128 e. The van der Waals surface area contributed by atoms with Gasteiger partial charge in [-0.15, -0.1) is 11.3 Å². The molecular formula is C18H23N7S. The number of thiazole rings is 1. The van der Waals surface area contributed by atoms with Crippen LogP contribution in [0.4, 0.5) is 11.5 Å². The molecule has 1 aliphatic heterocycles. The first kappa shape index (κ1) is 17.0. The minimum Gasteiger partial charge on any atom is -0.377 e. The van der Waals surface area contributed by atoms with Crippen molar-refractivity contribution in [2.45, 2.75) is 6.54 Å². The quantitative estimate of drug-likeness (QED) is 0.745. The highest BCUT2D eigenvalue weighted by molar-refractivity contribution is 7.09. The molecule has 136 valence electrons. The first-order valence-corrected chi connectivity index (χ1v) is 9.62. The Morgan fingerprint density at radius 1 is 1.12 bits per heavy atom. The van der Waals surface area contributed by atoms with Gasteiger partial charge in [0.1, 0.15) is 10.8 Å². The third-order valence-electron chi connectivity index (χ3n) is 4.57. The molecule has 26 heavy (non-hydrogen) atoms. The number of nitrogens with one attached hydrogen (secondary N) is 1. The Hall–Kier alpha value is -2.45. The number of anilines is 2. The van der Waals surface area contributed by atoms with Gasteiger partial charge in [-0.2, -0.15) is 5.10 Å². The van der Waals surface area contributed by atoms with Crippen molar-refractivity contribution in [2.24, 2.45) is 7.05 Å². The summed E-state index contributed by atoms with van der Waals surface area (Å²) in [6.45, 7) is 4.94. The van der Waals surface area contributed by atoms with Gasteiger partial charge >= 0.3 is 0 Å². The van der Waals surface area contributed by atoms with Crippen molar-refractivity contribution in [1.82, 2.24) is 24.6 Å². The van der Waals surface area contributed by atoms with Crippen LogP contribution in [0, 0.1) is 0 Å². The number of likely N-dealkylation sites (N-methyl/N-ethyl adjacent to an activating group) is 1. The van der Waals surface area contributed by atoms with Crippen LogP contribution >= 0.6 is 11.3 Å². The summed E-state index contributed by atoms with van der Waals surface area (Å²) in [5, 5.41) is 10.7. The molecule has 0 saturated carbocycles. The summed E-state index contributed by atoms with van der Waals surface area (Å²) in [5.41, 5.74) is 3.04. The number of aryl methyl sites for hydroxylation is 1. The summed E-state index contributed by atoms with van der Waals surface area (Å²) in [4.78, 5) is 14.0. The number of rotatable bonds is 5. The van der Waals surface area contributed by atoms with Crippen LogP contribution in [0.3, 0.4) is 0 Å². The van der Waals surface area contributed by atoms with Gasteiger partial charge in [0.15, 0.2) is 0 Å². The van der Waals surface area contributed by atoms with Gasteiger partial charge < -0.3 is 15.1 Å². The monoisotopic (exact) mass is 369 g/mol. The summed E-state index contributed by atoms with van der Waals surface area (Å²) in [5.74, 6) is 1.05. The Morgan fingerprint density at radius 3 is 2.65 bits per heavy atom. The van der Waals surface area contributed by atoms with Crippen LogP contribution in [0.5, 0.6) is 0 Å². The lowest BCUT2D eigenvalue weighted by Crippen LogP contribution is -2.44. The largest absolute Gasteiger partial charge is 0.377 e. The molecule has 8 heteroatoms. The van der Waals surface area contributed by atoms with Crippen molar-refractivity contribution < 1.29 is 0 Å². The standard InChI is InChI=1S/C18H23N7S/c1-23-5-7-25(8-6-23)17-4-3-15(10-20-17)19-11-18-22-16(13-26-18)14-9-21-24(2)12-14/h3-4,9-10,12-13,19H,5-8,11H2,1-2H3. The topological polar surface area (TPSA) is 62.1 Å². The molecule has 1 saturated heterocycles. The van der Waals surface area contributed by atoms with E-state index in [1.165, 1.54) is 0 Å². The third-order valence-corrected chi connectivity index (χ3v) is 5.42. The fraction of sp³-hybridized carbons (Fsp3) is 0.389. The highest BCUT2D eigenvalue weighted by Gasteiger charge is 2.15. The van der Waals surface area contributed by atoms with Gasteiger partial charge in [0.2, 0.25) is 0 Å². The predicted molar refractivity (Wildman–Crippen MR) is 106 cm³/mol. The number of hydrogen-bond acceptors (Lipinski definition) is 7. The molecule has 1 N–H and O–H groups in total. The molecule has 3 aromatic rings. The molecule has 0 unspecified atom stereocenters. The summed E-state index contributed by atoms with van der Waals surface area (Å²) in [6, 6.07) is 4.19. The molecule has 1 aliphatic rings. The molecule has 0 radical (unpaired) electrons. The molecule has 0 amide bonds. The molecule has 1 fully saturated rings. The zero-order valence-corrected chi connectivity index (χ0v) is 15.9. The fourth-order valence-corrected chi connectivity index (χ4v) is 3.71. The first-order chi connectivity index (χ1) is 12.7. The van der Waals surface area contributed by atoms with Gasteiger partial charge in [-0.25, -0.2) is 9.97 Å². The maximum atomic E-state index is 4.68. The molecule has 0 aromatic carbocycles. The highest BCUT2D eigenvalue weighted by Crippen LogP contribution is 2.22. The van der Waals surface area contributed by atoms with Gasteiger partial charge in [-0.3, -0.25) is 4.68 Å². The number of pyridine rings is 1. The summed E-state index contributed by atoms with van der Waals surface area (Å²) in [7, 11) is 4.08. The number of nitrogens with zero attached hydrogens (tertiary/aromatic N) is 6. The van der Waals surface area contributed by atoms with E-state index in [1.807, 2.05) is 25.6 Å². The summed E-state index contributed by atoms with van der Waals surface area (Å²) in [6.07, 6.45) is 5.73. The van der Waals surface area contributed by atoms with Gasteiger partial charge in [0.05, 0.1) is 30.3 Å². The zero-order chi connectivity index (χ0) is 17.9. The molecule has 0 bridgehead atoms. The third kappa shape index (κ3) is 3.86. The van der Waals surface area contributed by atoms with Gasteiger partial charge in [0.25, 0.3) is 0 Å². The molecule has 7 nitrogen and oxygen atoms in total. The van der Waals surface area contributed by atoms with Gasteiger partial charge in [-0.1, -0.05) is 0 Å². The SMILES string of the molecule is CN1CCN(c2ccc(NCc3nc(-c4cnn(C)c4)cs3)cn2)CC1. The predicted octanol–water partition coefficient (Wildman–Crippen LogP) is 2.30. The van der Waals surface area contributed by atoms with E-state index in [4.69, 9.17) is 0 Å². The second kappa shape index (κ2) is 7.43. The molecule has 3 aromatic heterocycles. The fourth-order valence-electron chi connectivity index (χ4n) is 2.97. The second-order valence-corrected chi connectivity index (χ2v) is 7.52. The van der Waals surface area contributed by atoms with Gasteiger partial charge in [0, 0.05) is 50.4 Å². The van der Waals surface area contributed by atoms with E-state index in [0.29, 0.717) is 6.54 Å². The number of aromatic nitrogens is 4. The van der Waals surface area contributed by atoms with Crippen LogP contribution in [0.25, 0.3) is 11.3 Å². The van der Waals surface area contributed by atoms with Crippen molar-refractivity contribution in [3.8, 4) is 11.3 Å². The molecule has 0 aliphatic carbocycles. The Bertz CT molecular complexity index is 847. The smallest absolute Gasteiger partial charge is 0.128 e. The van der Waals surface area contributed by atoms with Crippen LogP contribution < -0.4 is 10.2 Å². The average Bonchev–Trinajstić information content (AvgIpc) is 3.30. The van der Waals surface area contributed by atoms with E-state index in [2.05, 4.69) is 54.7 Å². The van der Waals surface area contributed by atoms with Crippen molar-refractivity contribution in [3.05, 3.63) is 41.1 Å². The lowest BCUT2D eigenvalue weighted by atomic mass is 10.3. The van der Waals surface area contributed by atoms with Gasteiger partial charge in [-0.05, 0) is 19.2 Å². The first-order valence-electron chi connectivity index (χ1n) is 8.74. The highest BCUT2D eigenvalue weighted by atomic mass is 32.1. The summed E-state index contributed by atoms with van der Waals surface area (Å²) < 4.78 is 1.79. The van der Waals surface area contributed by atoms with E-state index < -0.39 is 0 Å². The average molecular weight is 369 g/mol. The number of hydrogen-bond donors (Lipinski definition) is 1. The normalized spacial score (nSPS) is 15.4. The van der Waals surface area contributed by atoms with Crippen molar-refractivity contribution in [3.63, 3.8) is 0 Å². The second-order valence-electron chi connectivity index (χ2n) is 6.58. The van der Waals surface area contributed by atoms with Crippen LogP contribution in [0.2, 0.25) is 0 Å². The molecular weight excluding hydrogens is 346 g/mol. The minimum absolute atomic E-state index is 0.695. The van der Waals surface area contributed by atoms with Crippen LogP contribution in [0.1, 0.15) is 5.01 Å². The van der Waals surface area contributed by atoms with Crippen molar-refractivity contribution in [1.29, 1.82) is 0 Å². The lowest BCUT2D eigenvalue weighted by molar-refractivity contribution is 0.312. The lowest BCUT2D eigenvalue weighted by Gasteiger charge is -2.33. The van der Waals surface area contributed by atoms with E-state index in [9.17, 15) is 0 Å². The zero-order valence-electron chi connectivity index (χ0n) is 15.1. The van der Waals surface area contributed by atoms with Crippen molar-refractivity contribution >= 4 is 22.8 Å².